The molecular weight excluding hydrogens is 925 g/mol. The van der Waals surface area contributed by atoms with Crippen molar-refractivity contribution < 1.29 is 28.6 Å². The van der Waals surface area contributed by atoms with E-state index < -0.39 is 6.10 Å². The van der Waals surface area contributed by atoms with Crippen molar-refractivity contribution in [2.75, 3.05) is 13.2 Å². The number of esters is 3. The summed E-state index contributed by atoms with van der Waals surface area (Å²) >= 11 is 0. The van der Waals surface area contributed by atoms with Gasteiger partial charge in [-0.15, -0.1) is 0 Å². The molecule has 0 N–H and O–H groups in total. The molecule has 75 heavy (non-hydrogen) atoms. The van der Waals surface area contributed by atoms with Gasteiger partial charge in [0.15, 0.2) is 6.10 Å². The molecule has 0 rings (SSSR count). The van der Waals surface area contributed by atoms with Gasteiger partial charge in [0.1, 0.15) is 13.2 Å². The molecule has 0 aliphatic heterocycles. The second kappa shape index (κ2) is 61.3. The second-order valence-electron chi connectivity index (χ2n) is 18.8. The number of allylic oxidation sites excluding steroid dienone is 28. The molecule has 0 amide bonds. The van der Waals surface area contributed by atoms with Crippen LogP contribution in [0.1, 0.15) is 226 Å². The van der Waals surface area contributed by atoms with Crippen molar-refractivity contribution in [3.8, 4) is 0 Å². The van der Waals surface area contributed by atoms with Crippen molar-refractivity contribution in [1.29, 1.82) is 0 Å². The van der Waals surface area contributed by atoms with E-state index in [1.165, 1.54) is 19.3 Å². The van der Waals surface area contributed by atoms with Gasteiger partial charge < -0.3 is 14.2 Å². The lowest BCUT2D eigenvalue weighted by Crippen LogP contribution is -2.30. The smallest absolute Gasteiger partial charge is 0.306 e. The molecule has 0 aliphatic rings. The monoisotopic (exact) mass is 1030 g/mol. The van der Waals surface area contributed by atoms with Crippen LogP contribution in [0.2, 0.25) is 0 Å². The van der Waals surface area contributed by atoms with Crippen molar-refractivity contribution in [2.45, 2.75) is 232 Å². The van der Waals surface area contributed by atoms with Gasteiger partial charge in [0.25, 0.3) is 0 Å². The van der Waals surface area contributed by atoms with Gasteiger partial charge in [0.2, 0.25) is 0 Å². The molecule has 0 fully saturated rings. The Bertz CT molecular complexity index is 1750. The fraction of sp³-hybridized carbons (Fsp3) is 0.551. The Balaban J connectivity index is 4.16. The minimum atomic E-state index is -0.816. The summed E-state index contributed by atoms with van der Waals surface area (Å²) in [5.41, 5.74) is 0. The highest BCUT2D eigenvalue weighted by Gasteiger charge is 2.19. The molecule has 0 saturated carbocycles. The first-order valence-electron chi connectivity index (χ1n) is 29.6. The normalized spacial score (nSPS) is 13.4. The maximum atomic E-state index is 12.7. The molecule has 0 heterocycles. The van der Waals surface area contributed by atoms with Gasteiger partial charge >= 0.3 is 17.9 Å². The molecule has 0 aliphatic carbocycles. The predicted octanol–water partition coefficient (Wildman–Crippen LogP) is 20.3. The Morgan fingerprint density at radius 2 is 0.533 bits per heavy atom. The average molecular weight is 1030 g/mol. The van der Waals surface area contributed by atoms with E-state index in [4.69, 9.17) is 14.2 Å². The highest BCUT2D eigenvalue weighted by molar-refractivity contribution is 5.71. The van der Waals surface area contributed by atoms with E-state index >= 15 is 0 Å². The standard InChI is InChI=1S/C69H106O6/c1-4-7-10-13-15-17-19-21-23-25-26-27-28-29-30-31-32-33-34-35-36-37-38-39-40-41-42-44-45-47-49-51-53-56-59-62-68(71)74-65-66(64-73-67(70)61-58-55-12-9-6-3)75-69(72)63-60-57-54-52-50-48-46-43-24-22-20-18-16-14-11-8-5-2/h7-8,10-11,15-18,21-24,26-27,29-30,32-33,35-36,38-39,41-42,46,48,52,54,66H,4-6,9,12-14,19-20,25,28,31,34,37,40,43-45,47,49-51,53,55-65H2,1-3H3/b10-7-,11-8-,17-15-,18-16-,23-21-,24-22-,27-26-,30-29-,33-32-,36-35-,39-38-,42-41-,48-46-,54-52-. The Hall–Kier alpha value is -5.23. The third-order valence-corrected chi connectivity index (χ3v) is 11.7. The predicted molar refractivity (Wildman–Crippen MR) is 325 cm³/mol. The molecule has 0 aromatic heterocycles. The summed E-state index contributed by atoms with van der Waals surface area (Å²) in [6, 6.07) is 0. The summed E-state index contributed by atoms with van der Waals surface area (Å²) in [5, 5.41) is 0. The maximum absolute atomic E-state index is 12.7. The summed E-state index contributed by atoms with van der Waals surface area (Å²) in [6.45, 7) is 6.24. The van der Waals surface area contributed by atoms with Crippen molar-refractivity contribution in [1.82, 2.24) is 0 Å². The first kappa shape index (κ1) is 69.8. The van der Waals surface area contributed by atoms with Crippen LogP contribution in [0, 0.1) is 0 Å². The van der Waals surface area contributed by atoms with Gasteiger partial charge in [-0.05, 0) is 128 Å². The topological polar surface area (TPSA) is 78.9 Å². The molecular formula is C69H106O6. The van der Waals surface area contributed by atoms with Gasteiger partial charge in [-0.2, -0.15) is 0 Å². The number of carbonyl (C=O) groups excluding carboxylic acids is 3. The van der Waals surface area contributed by atoms with Crippen LogP contribution in [0.3, 0.4) is 0 Å². The first-order chi connectivity index (χ1) is 37.0. The van der Waals surface area contributed by atoms with Crippen LogP contribution in [0.15, 0.2) is 170 Å². The van der Waals surface area contributed by atoms with Crippen LogP contribution in [-0.2, 0) is 28.6 Å². The Morgan fingerprint density at radius 1 is 0.280 bits per heavy atom. The number of hydrogen-bond donors (Lipinski definition) is 0. The third-order valence-electron chi connectivity index (χ3n) is 11.7. The van der Waals surface area contributed by atoms with E-state index in [1.807, 2.05) is 0 Å². The zero-order valence-corrected chi connectivity index (χ0v) is 47.7. The fourth-order valence-corrected chi connectivity index (χ4v) is 7.35. The Morgan fingerprint density at radius 3 is 0.853 bits per heavy atom. The quantitative estimate of drug-likeness (QED) is 0.0261. The van der Waals surface area contributed by atoms with Crippen LogP contribution >= 0.6 is 0 Å². The van der Waals surface area contributed by atoms with Gasteiger partial charge in [-0.3, -0.25) is 14.4 Å². The second-order valence-corrected chi connectivity index (χ2v) is 18.8. The largest absolute Gasteiger partial charge is 0.462 e. The molecule has 0 saturated heterocycles. The van der Waals surface area contributed by atoms with Crippen molar-refractivity contribution in [3.05, 3.63) is 170 Å². The number of ether oxygens (including phenoxy) is 3. The molecule has 0 aromatic carbocycles. The summed E-state index contributed by atoms with van der Waals surface area (Å²) in [5.74, 6) is -1.01. The molecule has 0 radical (unpaired) electrons. The first-order valence-corrected chi connectivity index (χ1v) is 29.6. The minimum absolute atomic E-state index is 0.112. The highest BCUT2D eigenvalue weighted by Crippen LogP contribution is 2.13. The average Bonchev–Trinajstić information content (AvgIpc) is 3.41. The van der Waals surface area contributed by atoms with Gasteiger partial charge in [0.05, 0.1) is 0 Å². The molecule has 1 unspecified atom stereocenters. The summed E-state index contributed by atoms with van der Waals surface area (Å²) in [4.78, 5) is 37.8. The maximum Gasteiger partial charge on any atom is 0.306 e. The summed E-state index contributed by atoms with van der Waals surface area (Å²) in [6.07, 6.45) is 91.2. The number of hydrogen-bond acceptors (Lipinski definition) is 6. The lowest BCUT2D eigenvalue weighted by molar-refractivity contribution is -0.167. The van der Waals surface area contributed by atoms with E-state index in [0.717, 1.165) is 161 Å². The van der Waals surface area contributed by atoms with E-state index in [0.29, 0.717) is 19.3 Å². The number of unbranched alkanes of at least 4 members (excludes halogenated alkanes) is 12. The van der Waals surface area contributed by atoms with Crippen LogP contribution in [-0.4, -0.2) is 37.2 Å². The van der Waals surface area contributed by atoms with Crippen LogP contribution in [0.4, 0.5) is 0 Å². The SMILES string of the molecule is CC/C=C\C/C=C\C/C=C\C/C=C\C/C=C\C/C=C\C/C=C\C/C=C\C/C=C\CCCCCCCCCC(=O)OCC(COC(=O)CCCCCCC)OC(=O)CCC/C=C\C/C=C\C/C=C\C/C=C\C/C=C\CC. The molecule has 0 bridgehead atoms. The fourth-order valence-electron chi connectivity index (χ4n) is 7.35. The Kier molecular flexibility index (Phi) is 57.0. The summed E-state index contributed by atoms with van der Waals surface area (Å²) in [7, 11) is 0. The van der Waals surface area contributed by atoms with E-state index in [2.05, 4.69) is 191 Å². The highest BCUT2D eigenvalue weighted by atomic mass is 16.6. The molecule has 6 nitrogen and oxygen atoms in total. The van der Waals surface area contributed by atoms with E-state index in [9.17, 15) is 14.4 Å². The molecule has 1 atom stereocenters. The number of rotatable bonds is 51. The van der Waals surface area contributed by atoms with Crippen LogP contribution in [0.25, 0.3) is 0 Å². The molecule has 418 valence electrons. The van der Waals surface area contributed by atoms with Gasteiger partial charge in [-0.25, -0.2) is 0 Å². The molecule has 0 aromatic rings. The third kappa shape index (κ3) is 59.5. The zero-order chi connectivity index (χ0) is 54.3. The lowest BCUT2D eigenvalue weighted by Gasteiger charge is -2.18. The zero-order valence-electron chi connectivity index (χ0n) is 47.7. The summed E-state index contributed by atoms with van der Waals surface area (Å²) < 4.78 is 16.6. The minimum Gasteiger partial charge on any atom is -0.462 e. The van der Waals surface area contributed by atoms with Crippen molar-refractivity contribution >= 4 is 17.9 Å². The molecule has 6 heteroatoms. The van der Waals surface area contributed by atoms with Crippen LogP contribution < -0.4 is 0 Å². The lowest BCUT2D eigenvalue weighted by atomic mass is 10.1. The van der Waals surface area contributed by atoms with Gasteiger partial charge in [0, 0.05) is 19.3 Å². The van der Waals surface area contributed by atoms with Gasteiger partial charge in [-0.1, -0.05) is 249 Å². The van der Waals surface area contributed by atoms with E-state index in [1.54, 1.807) is 0 Å². The van der Waals surface area contributed by atoms with Crippen LogP contribution in [0.5, 0.6) is 0 Å². The van der Waals surface area contributed by atoms with E-state index in [-0.39, 0.29) is 37.5 Å². The molecule has 0 spiro atoms. The van der Waals surface area contributed by atoms with Crippen molar-refractivity contribution in [2.24, 2.45) is 0 Å². The Labute approximate surface area is 460 Å². The number of carbonyl (C=O) groups is 3. The van der Waals surface area contributed by atoms with Crippen molar-refractivity contribution in [3.63, 3.8) is 0 Å².